The van der Waals surface area contributed by atoms with Crippen LogP contribution in [0.5, 0.6) is 5.75 Å². The lowest BCUT2D eigenvalue weighted by molar-refractivity contribution is -0.123. The van der Waals surface area contributed by atoms with Crippen molar-refractivity contribution in [2.45, 2.75) is 0 Å². The van der Waals surface area contributed by atoms with Crippen LogP contribution in [0.15, 0.2) is 18.2 Å². The molecule has 0 saturated heterocycles. The first-order valence-corrected chi connectivity index (χ1v) is 8.50. The largest absolute Gasteiger partial charge is 0.483 e. The molecule has 0 atom stereocenters. The number of amides is 1. The van der Waals surface area contributed by atoms with Crippen LogP contribution >= 0.6 is 0 Å². The Kier molecular flexibility index (Phi) is 12.4. The molecule has 9 heteroatoms. The zero-order valence-electron chi connectivity index (χ0n) is 15.1. The second-order valence-electron chi connectivity index (χ2n) is 5.19. The van der Waals surface area contributed by atoms with Gasteiger partial charge in [0, 0.05) is 12.1 Å². The quantitative estimate of drug-likeness (QED) is 0.299. The third-order valence-electron chi connectivity index (χ3n) is 3.25. The van der Waals surface area contributed by atoms with Gasteiger partial charge in [-0.3, -0.25) is 14.4 Å². The van der Waals surface area contributed by atoms with Crippen LogP contribution in [0.1, 0.15) is 20.7 Å². The average molecular weight is 383 g/mol. The Hall–Kier alpha value is -2.33. The average Bonchev–Trinajstić information content (AvgIpc) is 2.69. The Morgan fingerprint density at radius 3 is 2.26 bits per heavy atom. The summed E-state index contributed by atoms with van der Waals surface area (Å²) in [6.45, 7) is 2.25. The number of benzene rings is 1. The van der Waals surface area contributed by atoms with Crippen molar-refractivity contribution in [3.8, 4) is 5.75 Å². The summed E-state index contributed by atoms with van der Waals surface area (Å²) in [6, 6.07) is 4.58. The van der Waals surface area contributed by atoms with E-state index in [4.69, 9.17) is 24.1 Å². The summed E-state index contributed by atoms with van der Waals surface area (Å²) in [5.41, 5.74) is 0.323. The number of carbonyl (C=O) groups is 3. The van der Waals surface area contributed by atoms with Gasteiger partial charge in [0.1, 0.15) is 5.75 Å². The lowest BCUT2D eigenvalue weighted by atomic mass is 10.1. The number of nitrogens with one attached hydrogen (secondary N) is 1. The summed E-state index contributed by atoms with van der Waals surface area (Å²) in [6.07, 6.45) is 1.07. The maximum atomic E-state index is 11.7. The molecule has 0 heterocycles. The molecule has 0 spiro atoms. The predicted octanol–water partition coefficient (Wildman–Crippen LogP) is -0.151. The van der Waals surface area contributed by atoms with Gasteiger partial charge in [-0.2, -0.15) is 0 Å². The molecule has 0 saturated carbocycles. The molecule has 0 fully saturated rings. The summed E-state index contributed by atoms with van der Waals surface area (Å²) < 4.78 is 20.9. The Bertz CT molecular complexity index is 578. The minimum atomic E-state index is -0.371. The lowest BCUT2D eigenvalue weighted by Crippen LogP contribution is -2.32. The maximum absolute atomic E-state index is 11.7. The van der Waals surface area contributed by atoms with E-state index in [0.29, 0.717) is 58.8 Å². The van der Waals surface area contributed by atoms with Crippen molar-refractivity contribution in [2.24, 2.45) is 0 Å². The van der Waals surface area contributed by atoms with E-state index in [-0.39, 0.29) is 36.0 Å². The highest BCUT2D eigenvalue weighted by Gasteiger charge is 2.10. The van der Waals surface area contributed by atoms with Crippen LogP contribution in [0.3, 0.4) is 0 Å². The predicted molar refractivity (Wildman–Crippen MR) is 95.3 cm³/mol. The fraction of sp³-hybridized carbons (Fsp3) is 0.500. The van der Waals surface area contributed by atoms with Gasteiger partial charge in [0.25, 0.3) is 5.91 Å². The van der Waals surface area contributed by atoms with E-state index < -0.39 is 0 Å². The Labute approximate surface area is 157 Å². The van der Waals surface area contributed by atoms with Crippen LogP contribution in [0.4, 0.5) is 0 Å². The fourth-order valence-electron chi connectivity index (χ4n) is 1.98. The summed E-state index contributed by atoms with van der Waals surface area (Å²) in [5, 5.41) is 11.1. The van der Waals surface area contributed by atoms with E-state index in [2.05, 4.69) is 5.32 Å². The number of hydrogen-bond donors (Lipinski definition) is 2. The molecule has 0 radical (unpaired) electrons. The number of hydrogen-bond acceptors (Lipinski definition) is 8. The van der Waals surface area contributed by atoms with E-state index in [9.17, 15) is 14.4 Å². The number of aliphatic hydroxyl groups excluding tert-OH is 1. The second-order valence-corrected chi connectivity index (χ2v) is 5.19. The number of aldehydes is 2. The standard InChI is InChI=1S/C18H25NO8/c20-5-7-25-9-11-26-10-8-24-6-4-19-18(23)14-27-17-3-1-2-15(12-21)16(17)13-22/h1-3,12-13,20H,4-11,14H2,(H,19,23). The van der Waals surface area contributed by atoms with Gasteiger partial charge in [-0.1, -0.05) is 12.1 Å². The first-order chi connectivity index (χ1) is 13.2. The van der Waals surface area contributed by atoms with Crippen LogP contribution < -0.4 is 10.1 Å². The van der Waals surface area contributed by atoms with Gasteiger partial charge in [-0.05, 0) is 6.07 Å². The van der Waals surface area contributed by atoms with Gasteiger partial charge >= 0.3 is 0 Å². The maximum Gasteiger partial charge on any atom is 0.258 e. The molecule has 0 aromatic heterocycles. The first-order valence-electron chi connectivity index (χ1n) is 8.50. The summed E-state index contributed by atoms with van der Waals surface area (Å²) in [7, 11) is 0. The Balaban J connectivity index is 2.08. The second kappa shape index (κ2) is 14.8. The van der Waals surface area contributed by atoms with Crippen molar-refractivity contribution < 1.29 is 38.4 Å². The first kappa shape index (κ1) is 22.7. The third kappa shape index (κ3) is 9.80. The van der Waals surface area contributed by atoms with E-state index in [1.54, 1.807) is 6.07 Å². The van der Waals surface area contributed by atoms with Crippen LogP contribution in [0, 0.1) is 0 Å². The molecule has 1 aromatic rings. The number of aliphatic hydroxyl groups is 1. The molecule has 0 unspecified atom stereocenters. The Morgan fingerprint density at radius 1 is 0.963 bits per heavy atom. The van der Waals surface area contributed by atoms with Crippen molar-refractivity contribution in [3.63, 3.8) is 0 Å². The van der Waals surface area contributed by atoms with E-state index in [0.717, 1.165) is 0 Å². The monoisotopic (exact) mass is 383 g/mol. The summed E-state index contributed by atoms with van der Waals surface area (Å²) in [4.78, 5) is 33.7. The topological polar surface area (TPSA) is 120 Å². The van der Waals surface area contributed by atoms with Gasteiger partial charge < -0.3 is 29.4 Å². The van der Waals surface area contributed by atoms with Crippen molar-refractivity contribution in [3.05, 3.63) is 29.3 Å². The van der Waals surface area contributed by atoms with Crippen LogP contribution in [-0.4, -0.2) is 83.0 Å². The zero-order chi connectivity index (χ0) is 19.7. The molecule has 27 heavy (non-hydrogen) atoms. The minimum Gasteiger partial charge on any atom is -0.483 e. The van der Waals surface area contributed by atoms with E-state index in [1.807, 2.05) is 0 Å². The lowest BCUT2D eigenvalue weighted by Gasteiger charge is -2.10. The normalized spacial score (nSPS) is 10.4. The van der Waals surface area contributed by atoms with E-state index in [1.165, 1.54) is 12.1 Å². The van der Waals surface area contributed by atoms with Crippen LogP contribution in [0.2, 0.25) is 0 Å². The summed E-state index contributed by atoms with van der Waals surface area (Å²) >= 11 is 0. The van der Waals surface area contributed by atoms with Crippen LogP contribution in [0.25, 0.3) is 0 Å². The van der Waals surface area contributed by atoms with Crippen molar-refractivity contribution in [1.29, 1.82) is 0 Å². The molecule has 0 aliphatic heterocycles. The van der Waals surface area contributed by atoms with E-state index >= 15 is 0 Å². The van der Waals surface area contributed by atoms with Crippen molar-refractivity contribution >= 4 is 18.5 Å². The highest BCUT2D eigenvalue weighted by Crippen LogP contribution is 2.19. The number of carbonyl (C=O) groups excluding carboxylic acids is 3. The van der Waals surface area contributed by atoms with Gasteiger partial charge in [-0.15, -0.1) is 0 Å². The third-order valence-corrected chi connectivity index (χ3v) is 3.25. The van der Waals surface area contributed by atoms with Gasteiger partial charge in [0.05, 0.1) is 51.8 Å². The molecule has 1 amide bonds. The molecular formula is C18H25NO8. The molecule has 1 aromatic carbocycles. The molecule has 0 aliphatic rings. The fourth-order valence-corrected chi connectivity index (χ4v) is 1.98. The van der Waals surface area contributed by atoms with Crippen LogP contribution in [-0.2, 0) is 19.0 Å². The molecular weight excluding hydrogens is 358 g/mol. The van der Waals surface area contributed by atoms with Crippen molar-refractivity contribution in [2.75, 3.05) is 59.4 Å². The van der Waals surface area contributed by atoms with Gasteiger partial charge in [0.15, 0.2) is 19.2 Å². The SMILES string of the molecule is O=Cc1cccc(OCC(=O)NCCOCCOCCOCCO)c1C=O. The molecule has 150 valence electrons. The molecule has 0 aliphatic carbocycles. The smallest absolute Gasteiger partial charge is 0.258 e. The Morgan fingerprint density at radius 2 is 1.63 bits per heavy atom. The van der Waals surface area contributed by atoms with Gasteiger partial charge in [-0.25, -0.2) is 0 Å². The van der Waals surface area contributed by atoms with Crippen molar-refractivity contribution in [1.82, 2.24) is 5.32 Å². The molecule has 0 bridgehead atoms. The highest BCUT2D eigenvalue weighted by atomic mass is 16.5. The van der Waals surface area contributed by atoms with Gasteiger partial charge in [0.2, 0.25) is 0 Å². The number of ether oxygens (including phenoxy) is 4. The molecule has 1 rings (SSSR count). The zero-order valence-corrected chi connectivity index (χ0v) is 15.1. The molecule has 9 nitrogen and oxygen atoms in total. The number of rotatable bonds is 16. The molecule has 2 N–H and O–H groups in total. The highest BCUT2D eigenvalue weighted by molar-refractivity contribution is 5.93. The minimum absolute atomic E-state index is 0.0107. The summed E-state index contributed by atoms with van der Waals surface area (Å²) in [5.74, 6) is -0.189.